The Kier molecular flexibility index (Phi) is 2.29. The zero-order valence-electron chi connectivity index (χ0n) is 5.68. The van der Waals surface area contributed by atoms with Gasteiger partial charge >= 0.3 is 5.97 Å². The first-order valence-electron chi connectivity index (χ1n) is 2.83. The minimum Gasteiger partial charge on any atom is -0.477 e. The first-order chi connectivity index (χ1) is 5.69. The molecule has 0 aromatic carbocycles. The smallest absolute Gasteiger partial charge is 0.348 e. The van der Waals surface area contributed by atoms with Crippen LogP contribution in [-0.4, -0.2) is 28.6 Å². The summed E-state index contributed by atoms with van der Waals surface area (Å²) >= 11 is 0.682. The summed E-state index contributed by atoms with van der Waals surface area (Å²) in [5, 5.41) is 8.50. The second-order valence-electron chi connectivity index (χ2n) is 1.81. The van der Waals surface area contributed by atoms with Crippen molar-refractivity contribution >= 4 is 29.9 Å². The molecule has 0 saturated carbocycles. The number of aldehydes is 2. The predicted molar refractivity (Wildman–Crippen MR) is 39.8 cm³/mol. The number of hydrogen-bond donors (Lipinski definition) is 1. The maximum atomic E-state index is 10.4. The Balaban J connectivity index is 3.25. The second-order valence-corrected chi connectivity index (χ2v) is 2.84. The van der Waals surface area contributed by atoms with E-state index in [1.165, 1.54) is 0 Å². The van der Waals surface area contributed by atoms with Gasteiger partial charge in [-0.25, -0.2) is 9.78 Å². The number of thiazole rings is 1. The number of carbonyl (C=O) groups is 3. The molecule has 0 atom stereocenters. The van der Waals surface area contributed by atoms with Crippen LogP contribution in [0.4, 0.5) is 0 Å². The number of carboxylic acids is 1. The molecule has 1 rings (SSSR count). The zero-order valence-corrected chi connectivity index (χ0v) is 6.50. The van der Waals surface area contributed by atoms with E-state index in [4.69, 9.17) is 5.11 Å². The van der Waals surface area contributed by atoms with Gasteiger partial charge in [-0.3, -0.25) is 9.59 Å². The highest BCUT2D eigenvalue weighted by molar-refractivity contribution is 7.15. The van der Waals surface area contributed by atoms with Gasteiger partial charge in [0.2, 0.25) is 0 Å². The SMILES string of the molecule is O=Cc1nc(C=O)c(C(=O)O)s1. The van der Waals surface area contributed by atoms with Crippen molar-refractivity contribution in [1.82, 2.24) is 4.98 Å². The summed E-state index contributed by atoms with van der Waals surface area (Å²) < 4.78 is 0. The largest absolute Gasteiger partial charge is 0.477 e. The lowest BCUT2D eigenvalue weighted by Gasteiger charge is -1.83. The Hall–Kier alpha value is -1.56. The van der Waals surface area contributed by atoms with Crippen LogP contribution < -0.4 is 0 Å². The number of rotatable bonds is 3. The fourth-order valence-electron chi connectivity index (χ4n) is 0.633. The second kappa shape index (κ2) is 3.22. The minimum atomic E-state index is -1.25. The lowest BCUT2D eigenvalue weighted by molar-refractivity contribution is 0.0699. The van der Waals surface area contributed by atoms with E-state index < -0.39 is 5.97 Å². The molecule has 0 amide bonds. The average molecular weight is 185 g/mol. The highest BCUT2D eigenvalue weighted by Gasteiger charge is 2.15. The van der Waals surface area contributed by atoms with Gasteiger partial charge in [0, 0.05) is 0 Å². The summed E-state index contributed by atoms with van der Waals surface area (Å²) in [4.78, 5) is 34.0. The third-order valence-corrected chi connectivity index (χ3v) is 2.06. The van der Waals surface area contributed by atoms with Crippen molar-refractivity contribution in [2.75, 3.05) is 0 Å². The van der Waals surface area contributed by atoms with Crippen LogP contribution in [0, 0.1) is 0 Å². The van der Waals surface area contributed by atoms with Crippen LogP contribution in [0.5, 0.6) is 0 Å². The molecule has 12 heavy (non-hydrogen) atoms. The number of aromatic carboxylic acids is 1. The highest BCUT2D eigenvalue weighted by Crippen LogP contribution is 2.15. The molecule has 0 bridgehead atoms. The van der Waals surface area contributed by atoms with E-state index in [9.17, 15) is 14.4 Å². The predicted octanol–water partition coefficient (Wildman–Crippen LogP) is 0.466. The maximum absolute atomic E-state index is 10.4. The van der Waals surface area contributed by atoms with E-state index >= 15 is 0 Å². The Bertz CT molecular complexity index is 343. The van der Waals surface area contributed by atoms with Crippen LogP contribution >= 0.6 is 11.3 Å². The molecule has 0 saturated heterocycles. The number of carboxylic acid groups (broad SMARTS) is 1. The molecule has 1 aromatic rings. The van der Waals surface area contributed by atoms with Gasteiger partial charge in [-0.1, -0.05) is 0 Å². The summed E-state index contributed by atoms with van der Waals surface area (Å²) in [5.41, 5.74) is -0.199. The Morgan fingerprint density at radius 2 is 2.08 bits per heavy atom. The van der Waals surface area contributed by atoms with Crippen molar-refractivity contribution in [2.24, 2.45) is 0 Å². The number of aromatic nitrogens is 1. The Morgan fingerprint density at radius 1 is 1.42 bits per heavy atom. The molecule has 0 aliphatic rings. The number of carbonyl (C=O) groups excluding carboxylic acids is 2. The normalized spacial score (nSPS) is 9.33. The average Bonchev–Trinajstić information content (AvgIpc) is 2.47. The molecule has 0 radical (unpaired) electrons. The molecule has 0 aliphatic heterocycles. The third kappa shape index (κ3) is 1.37. The van der Waals surface area contributed by atoms with E-state index in [-0.39, 0.29) is 15.6 Å². The summed E-state index contributed by atoms with van der Waals surface area (Å²) in [6, 6.07) is 0. The molecule has 1 N–H and O–H groups in total. The number of nitrogens with zero attached hydrogens (tertiary/aromatic N) is 1. The van der Waals surface area contributed by atoms with Crippen LogP contribution in [0.25, 0.3) is 0 Å². The van der Waals surface area contributed by atoms with Gasteiger partial charge in [0.1, 0.15) is 10.6 Å². The standard InChI is InChI=1S/C6H3NO4S/c8-1-3-5(6(10)11)12-4(2-9)7-3/h1-2H,(H,10,11). The van der Waals surface area contributed by atoms with Crippen LogP contribution in [0.2, 0.25) is 0 Å². The zero-order chi connectivity index (χ0) is 9.14. The summed E-state index contributed by atoms with van der Waals surface area (Å²) in [5.74, 6) is -1.25. The van der Waals surface area contributed by atoms with Crippen molar-refractivity contribution in [3.8, 4) is 0 Å². The molecule has 0 aliphatic carbocycles. The van der Waals surface area contributed by atoms with Crippen molar-refractivity contribution in [3.05, 3.63) is 15.6 Å². The molecule has 6 heteroatoms. The monoisotopic (exact) mass is 185 g/mol. The Labute approximate surface area is 70.7 Å². The summed E-state index contributed by atoms with van der Waals surface area (Å²) in [6.45, 7) is 0. The first kappa shape index (κ1) is 8.54. The summed E-state index contributed by atoms with van der Waals surface area (Å²) in [6.07, 6.45) is 0.719. The topological polar surface area (TPSA) is 84.3 Å². The lowest BCUT2D eigenvalue weighted by Crippen LogP contribution is -1.97. The summed E-state index contributed by atoms with van der Waals surface area (Å²) in [7, 11) is 0. The number of hydrogen-bond acceptors (Lipinski definition) is 5. The Morgan fingerprint density at radius 3 is 2.42 bits per heavy atom. The lowest BCUT2D eigenvalue weighted by atomic mass is 10.4. The molecular formula is C6H3NO4S. The molecule has 5 nitrogen and oxygen atoms in total. The molecule has 1 heterocycles. The van der Waals surface area contributed by atoms with E-state index in [1.807, 2.05) is 0 Å². The molecule has 0 unspecified atom stereocenters. The molecule has 62 valence electrons. The fourth-order valence-corrected chi connectivity index (χ4v) is 1.32. The van der Waals surface area contributed by atoms with Gasteiger partial charge in [0.05, 0.1) is 0 Å². The van der Waals surface area contributed by atoms with Gasteiger partial charge in [0.25, 0.3) is 0 Å². The minimum absolute atomic E-state index is 0.00509. The molecular weight excluding hydrogens is 182 g/mol. The molecule has 0 spiro atoms. The third-order valence-electron chi connectivity index (χ3n) is 1.08. The maximum Gasteiger partial charge on any atom is 0.348 e. The van der Waals surface area contributed by atoms with E-state index in [1.54, 1.807) is 0 Å². The van der Waals surface area contributed by atoms with Crippen molar-refractivity contribution in [1.29, 1.82) is 0 Å². The van der Waals surface area contributed by atoms with Crippen LogP contribution in [0.15, 0.2) is 0 Å². The van der Waals surface area contributed by atoms with Crippen molar-refractivity contribution in [3.63, 3.8) is 0 Å². The fraction of sp³-hybridized carbons (Fsp3) is 0. The van der Waals surface area contributed by atoms with E-state index in [0.717, 1.165) is 0 Å². The van der Waals surface area contributed by atoms with Gasteiger partial charge in [-0.05, 0) is 0 Å². The van der Waals surface area contributed by atoms with Crippen molar-refractivity contribution < 1.29 is 19.5 Å². The highest BCUT2D eigenvalue weighted by atomic mass is 32.1. The molecule has 1 aromatic heterocycles. The van der Waals surface area contributed by atoms with Gasteiger partial charge in [0.15, 0.2) is 17.6 Å². The quantitative estimate of drug-likeness (QED) is 0.691. The van der Waals surface area contributed by atoms with Crippen LogP contribution in [0.1, 0.15) is 30.0 Å². The van der Waals surface area contributed by atoms with Crippen molar-refractivity contribution in [2.45, 2.75) is 0 Å². The van der Waals surface area contributed by atoms with Crippen LogP contribution in [-0.2, 0) is 0 Å². The van der Waals surface area contributed by atoms with E-state index in [2.05, 4.69) is 4.98 Å². The van der Waals surface area contributed by atoms with Crippen LogP contribution in [0.3, 0.4) is 0 Å². The van der Waals surface area contributed by atoms with E-state index in [0.29, 0.717) is 23.9 Å². The van der Waals surface area contributed by atoms with Gasteiger partial charge in [-0.2, -0.15) is 0 Å². The van der Waals surface area contributed by atoms with Gasteiger partial charge in [-0.15, -0.1) is 11.3 Å². The van der Waals surface area contributed by atoms with Gasteiger partial charge < -0.3 is 5.11 Å². The first-order valence-corrected chi connectivity index (χ1v) is 3.65. The molecule has 0 fully saturated rings.